The molecule has 0 spiro atoms. The SMILES string of the molecule is CN(C)S(=O)(=O)c1ccc(C(=O)ON2C(=O)c3ccccc3C2=O)o1. The summed E-state index contributed by atoms with van der Waals surface area (Å²) >= 11 is 0. The molecule has 0 atom stereocenters. The number of nitrogens with zero attached hydrogens (tertiary/aromatic N) is 2. The molecule has 0 N–H and O–H groups in total. The topological polar surface area (TPSA) is 114 Å². The molecule has 10 heteroatoms. The van der Waals surface area contributed by atoms with Crippen LogP contribution in [-0.4, -0.2) is 49.7 Å². The lowest BCUT2D eigenvalue weighted by Gasteiger charge is -2.11. The van der Waals surface area contributed by atoms with Crippen LogP contribution in [0.2, 0.25) is 0 Å². The number of benzene rings is 1. The number of hydrogen-bond donors (Lipinski definition) is 0. The van der Waals surface area contributed by atoms with Crippen molar-refractivity contribution in [1.29, 1.82) is 0 Å². The lowest BCUT2D eigenvalue weighted by atomic mass is 10.1. The zero-order valence-electron chi connectivity index (χ0n) is 13.1. The number of amides is 2. The van der Waals surface area contributed by atoms with E-state index in [1.165, 1.54) is 26.2 Å². The highest BCUT2D eigenvalue weighted by Gasteiger charge is 2.39. The monoisotopic (exact) mass is 364 g/mol. The molecule has 0 saturated carbocycles. The summed E-state index contributed by atoms with van der Waals surface area (Å²) in [5, 5.41) is -0.151. The molecule has 2 heterocycles. The molecule has 0 aliphatic carbocycles. The highest BCUT2D eigenvalue weighted by Crippen LogP contribution is 2.24. The Morgan fingerprint density at radius 1 is 1.04 bits per heavy atom. The van der Waals surface area contributed by atoms with Crippen molar-refractivity contribution < 1.29 is 32.1 Å². The number of hydrogen-bond acceptors (Lipinski definition) is 7. The highest BCUT2D eigenvalue weighted by atomic mass is 32.2. The smallest absolute Gasteiger partial charge is 0.399 e. The van der Waals surface area contributed by atoms with Crippen LogP contribution in [0.15, 0.2) is 45.9 Å². The van der Waals surface area contributed by atoms with E-state index in [1.54, 1.807) is 12.1 Å². The number of carbonyl (C=O) groups is 3. The number of rotatable bonds is 4. The molecule has 9 nitrogen and oxygen atoms in total. The molecule has 3 rings (SSSR count). The first-order chi connectivity index (χ1) is 11.7. The van der Waals surface area contributed by atoms with Crippen LogP contribution < -0.4 is 0 Å². The summed E-state index contributed by atoms with van der Waals surface area (Å²) in [4.78, 5) is 41.1. The third kappa shape index (κ3) is 2.71. The van der Waals surface area contributed by atoms with Gasteiger partial charge in [0.15, 0.2) is 0 Å². The van der Waals surface area contributed by atoms with Crippen molar-refractivity contribution in [3.63, 3.8) is 0 Å². The Kier molecular flexibility index (Phi) is 3.93. The summed E-state index contributed by atoms with van der Waals surface area (Å²) in [6.45, 7) is 0. The van der Waals surface area contributed by atoms with E-state index in [0.29, 0.717) is 5.06 Å². The lowest BCUT2D eigenvalue weighted by Crippen LogP contribution is -2.32. The average Bonchev–Trinajstić information content (AvgIpc) is 3.16. The summed E-state index contributed by atoms with van der Waals surface area (Å²) in [5.74, 6) is -3.21. The highest BCUT2D eigenvalue weighted by molar-refractivity contribution is 7.88. The summed E-state index contributed by atoms with van der Waals surface area (Å²) in [5.41, 5.74) is 0.214. The average molecular weight is 364 g/mol. The standard InChI is InChI=1S/C15H12N2O7S/c1-16(2)25(21,22)12-8-7-11(23-12)15(20)24-17-13(18)9-5-3-4-6-10(9)14(17)19/h3-8H,1-2H3. The van der Waals surface area contributed by atoms with Gasteiger partial charge in [0.1, 0.15) is 0 Å². The van der Waals surface area contributed by atoms with Gasteiger partial charge in [0.05, 0.1) is 11.1 Å². The van der Waals surface area contributed by atoms with Gasteiger partial charge in [-0.05, 0) is 24.3 Å². The molecular weight excluding hydrogens is 352 g/mol. The van der Waals surface area contributed by atoms with Crippen molar-refractivity contribution in [3.8, 4) is 0 Å². The van der Waals surface area contributed by atoms with Crippen LogP contribution in [0, 0.1) is 0 Å². The van der Waals surface area contributed by atoms with Crippen molar-refractivity contribution in [3.05, 3.63) is 53.3 Å². The van der Waals surface area contributed by atoms with E-state index in [9.17, 15) is 22.8 Å². The van der Waals surface area contributed by atoms with Crippen molar-refractivity contribution >= 4 is 27.8 Å². The molecule has 1 aliphatic heterocycles. The van der Waals surface area contributed by atoms with Gasteiger partial charge in [-0.15, -0.1) is 0 Å². The van der Waals surface area contributed by atoms with Crippen LogP contribution in [0.4, 0.5) is 0 Å². The van der Waals surface area contributed by atoms with Crippen molar-refractivity contribution in [2.45, 2.75) is 5.09 Å². The van der Waals surface area contributed by atoms with Crippen LogP contribution in [-0.2, 0) is 14.9 Å². The molecule has 2 aromatic rings. The van der Waals surface area contributed by atoms with Gasteiger partial charge < -0.3 is 9.25 Å². The van der Waals surface area contributed by atoms with Crippen molar-refractivity contribution in [2.75, 3.05) is 14.1 Å². The normalized spacial score (nSPS) is 14.1. The lowest BCUT2D eigenvalue weighted by molar-refractivity contribution is -0.0605. The van der Waals surface area contributed by atoms with E-state index < -0.39 is 38.7 Å². The third-order valence-electron chi connectivity index (χ3n) is 3.45. The van der Waals surface area contributed by atoms with Crippen molar-refractivity contribution in [1.82, 2.24) is 9.37 Å². The molecule has 1 aliphatic rings. The summed E-state index contributed by atoms with van der Waals surface area (Å²) < 4.78 is 29.7. The minimum Gasteiger partial charge on any atom is -0.436 e. The summed E-state index contributed by atoms with van der Waals surface area (Å²) in [6.07, 6.45) is 0. The molecule has 1 aromatic carbocycles. The second-order valence-electron chi connectivity index (χ2n) is 5.24. The number of hydroxylamine groups is 2. The first-order valence-corrected chi connectivity index (χ1v) is 8.40. The van der Waals surface area contributed by atoms with E-state index >= 15 is 0 Å². The van der Waals surface area contributed by atoms with E-state index in [2.05, 4.69) is 0 Å². The zero-order valence-corrected chi connectivity index (χ0v) is 13.9. The van der Waals surface area contributed by atoms with E-state index in [-0.39, 0.29) is 11.1 Å². The maximum Gasteiger partial charge on any atom is 0.399 e. The third-order valence-corrected chi connectivity index (χ3v) is 5.14. The Hall–Kier alpha value is -2.98. The number of carbonyl (C=O) groups excluding carboxylic acids is 3. The number of fused-ring (bicyclic) bond motifs is 1. The van der Waals surface area contributed by atoms with Gasteiger partial charge in [0.25, 0.3) is 21.8 Å². The molecular formula is C15H12N2O7S. The predicted molar refractivity (Wildman–Crippen MR) is 81.9 cm³/mol. The number of furan rings is 1. The van der Waals surface area contributed by atoms with Gasteiger partial charge in [-0.2, -0.15) is 0 Å². The minimum absolute atomic E-state index is 0.107. The Morgan fingerprint density at radius 2 is 1.60 bits per heavy atom. The quantitative estimate of drug-likeness (QED) is 0.740. The number of imide groups is 1. The fraction of sp³-hybridized carbons (Fsp3) is 0.133. The van der Waals surface area contributed by atoms with Crippen LogP contribution >= 0.6 is 0 Å². The number of sulfonamides is 1. The Morgan fingerprint density at radius 3 is 2.12 bits per heavy atom. The molecule has 0 bridgehead atoms. The second kappa shape index (κ2) is 5.83. The Balaban J connectivity index is 1.82. The molecule has 0 unspecified atom stereocenters. The summed E-state index contributed by atoms with van der Waals surface area (Å²) in [6, 6.07) is 8.15. The van der Waals surface area contributed by atoms with Crippen molar-refractivity contribution in [2.24, 2.45) is 0 Å². The van der Waals surface area contributed by atoms with Gasteiger partial charge >= 0.3 is 5.97 Å². The van der Waals surface area contributed by atoms with Crippen LogP contribution in [0.5, 0.6) is 0 Å². The van der Waals surface area contributed by atoms with Crippen LogP contribution in [0.1, 0.15) is 31.3 Å². The van der Waals surface area contributed by atoms with Gasteiger partial charge in [0.2, 0.25) is 10.9 Å². The van der Waals surface area contributed by atoms with Gasteiger partial charge in [0, 0.05) is 14.1 Å². The molecule has 0 saturated heterocycles. The Bertz CT molecular complexity index is 956. The molecule has 1 aromatic heterocycles. The first kappa shape index (κ1) is 16.9. The molecule has 0 radical (unpaired) electrons. The molecule has 130 valence electrons. The van der Waals surface area contributed by atoms with E-state index in [0.717, 1.165) is 16.4 Å². The van der Waals surface area contributed by atoms with Crippen LogP contribution in [0.3, 0.4) is 0 Å². The van der Waals surface area contributed by atoms with Gasteiger partial charge in [-0.25, -0.2) is 17.5 Å². The van der Waals surface area contributed by atoms with E-state index in [1.807, 2.05) is 0 Å². The fourth-order valence-electron chi connectivity index (χ4n) is 2.13. The maximum absolute atomic E-state index is 12.1. The minimum atomic E-state index is -3.87. The van der Waals surface area contributed by atoms with Crippen LogP contribution in [0.25, 0.3) is 0 Å². The summed E-state index contributed by atoms with van der Waals surface area (Å²) in [7, 11) is -1.27. The van der Waals surface area contributed by atoms with Gasteiger partial charge in [-0.1, -0.05) is 17.2 Å². The molecule has 2 amide bonds. The second-order valence-corrected chi connectivity index (χ2v) is 7.32. The van der Waals surface area contributed by atoms with Gasteiger partial charge in [-0.3, -0.25) is 9.59 Å². The molecule has 25 heavy (non-hydrogen) atoms. The fourth-order valence-corrected chi connectivity index (χ4v) is 2.92. The first-order valence-electron chi connectivity index (χ1n) is 6.96. The molecule has 0 fully saturated rings. The maximum atomic E-state index is 12.1. The zero-order chi connectivity index (χ0) is 18.4. The largest absolute Gasteiger partial charge is 0.436 e. The van der Waals surface area contributed by atoms with E-state index in [4.69, 9.17) is 9.25 Å². The predicted octanol–water partition coefficient (Wildman–Crippen LogP) is 0.898. The Labute approximate surface area is 142 Å².